The van der Waals surface area contributed by atoms with Gasteiger partial charge in [-0.3, -0.25) is 4.79 Å². The molecule has 3 heteroatoms. The number of benzene rings is 1. The van der Waals surface area contributed by atoms with Crippen LogP contribution in [-0.2, 0) is 11.2 Å². The van der Waals surface area contributed by atoms with Gasteiger partial charge in [-0.05, 0) is 43.2 Å². The monoisotopic (exact) mass is 274 g/mol. The Morgan fingerprint density at radius 1 is 1.30 bits per heavy atom. The minimum Gasteiger partial charge on any atom is -0.343 e. The minimum atomic E-state index is 0.279. The summed E-state index contributed by atoms with van der Waals surface area (Å²) in [5.74, 6) is 1.29. The van der Waals surface area contributed by atoms with Crippen LogP contribution in [0.5, 0.6) is 0 Å². The van der Waals surface area contributed by atoms with Gasteiger partial charge in [0.2, 0.25) is 5.91 Å². The lowest BCUT2D eigenvalue weighted by atomic mass is 9.90. The highest BCUT2D eigenvalue weighted by molar-refractivity contribution is 5.76. The summed E-state index contributed by atoms with van der Waals surface area (Å²) in [6, 6.07) is 10.6. The molecule has 0 aliphatic carbocycles. The molecule has 20 heavy (non-hydrogen) atoms. The SMILES string of the molecule is CC(CN)CC(=O)N1CCC(Cc2ccccc2)CC1. The van der Waals surface area contributed by atoms with Gasteiger partial charge in [-0.2, -0.15) is 0 Å². The Labute approximate surface area is 122 Å². The van der Waals surface area contributed by atoms with Crippen molar-refractivity contribution < 1.29 is 4.79 Å². The van der Waals surface area contributed by atoms with Crippen LogP contribution in [0.4, 0.5) is 0 Å². The highest BCUT2D eigenvalue weighted by Crippen LogP contribution is 2.22. The summed E-state index contributed by atoms with van der Waals surface area (Å²) in [5.41, 5.74) is 7.00. The molecule has 1 aromatic rings. The Kier molecular flexibility index (Phi) is 5.60. The Hall–Kier alpha value is -1.35. The van der Waals surface area contributed by atoms with Crippen LogP contribution >= 0.6 is 0 Å². The van der Waals surface area contributed by atoms with Crippen molar-refractivity contribution in [3.63, 3.8) is 0 Å². The lowest BCUT2D eigenvalue weighted by molar-refractivity contribution is -0.133. The summed E-state index contributed by atoms with van der Waals surface area (Å²) in [5, 5.41) is 0. The molecule has 1 saturated heterocycles. The van der Waals surface area contributed by atoms with E-state index in [4.69, 9.17) is 5.73 Å². The molecule has 1 aliphatic heterocycles. The summed E-state index contributed by atoms with van der Waals surface area (Å²) >= 11 is 0. The minimum absolute atomic E-state index is 0.279. The highest BCUT2D eigenvalue weighted by Gasteiger charge is 2.23. The molecule has 2 N–H and O–H groups in total. The fraction of sp³-hybridized carbons (Fsp3) is 0.588. The number of rotatable bonds is 5. The van der Waals surface area contributed by atoms with Gasteiger partial charge in [0, 0.05) is 19.5 Å². The van der Waals surface area contributed by atoms with Crippen LogP contribution in [0.2, 0.25) is 0 Å². The highest BCUT2D eigenvalue weighted by atomic mass is 16.2. The van der Waals surface area contributed by atoms with Gasteiger partial charge >= 0.3 is 0 Å². The van der Waals surface area contributed by atoms with Crippen molar-refractivity contribution in [3.05, 3.63) is 35.9 Å². The molecule has 1 aliphatic rings. The van der Waals surface area contributed by atoms with Crippen LogP contribution in [0.25, 0.3) is 0 Å². The Morgan fingerprint density at radius 3 is 2.55 bits per heavy atom. The maximum Gasteiger partial charge on any atom is 0.222 e. The van der Waals surface area contributed by atoms with Crippen LogP contribution in [0.15, 0.2) is 30.3 Å². The fourth-order valence-corrected chi connectivity index (χ4v) is 2.84. The Morgan fingerprint density at radius 2 is 1.95 bits per heavy atom. The first-order valence-electron chi connectivity index (χ1n) is 7.70. The van der Waals surface area contributed by atoms with E-state index < -0.39 is 0 Å². The van der Waals surface area contributed by atoms with Crippen LogP contribution in [0, 0.1) is 11.8 Å². The summed E-state index contributed by atoms with van der Waals surface area (Å²) < 4.78 is 0. The largest absolute Gasteiger partial charge is 0.343 e. The van der Waals surface area contributed by atoms with Crippen LogP contribution in [-0.4, -0.2) is 30.4 Å². The molecule has 1 amide bonds. The molecule has 0 spiro atoms. The van der Waals surface area contributed by atoms with Gasteiger partial charge in [0.25, 0.3) is 0 Å². The van der Waals surface area contributed by atoms with Gasteiger partial charge in [0.1, 0.15) is 0 Å². The first-order valence-corrected chi connectivity index (χ1v) is 7.70. The molecule has 110 valence electrons. The number of carbonyl (C=O) groups is 1. The van der Waals surface area contributed by atoms with Gasteiger partial charge in [-0.15, -0.1) is 0 Å². The van der Waals surface area contributed by atoms with Gasteiger partial charge in [-0.1, -0.05) is 37.3 Å². The van der Waals surface area contributed by atoms with Gasteiger partial charge in [0.05, 0.1) is 0 Å². The number of piperidine rings is 1. The van der Waals surface area contributed by atoms with Gasteiger partial charge < -0.3 is 10.6 Å². The standard InChI is InChI=1S/C17H26N2O/c1-14(13-18)11-17(20)19-9-7-16(8-10-19)12-15-5-3-2-4-6-15/h2-6,14,16H,7-13,18H2,1H3. The zero-order valence-corrected chi connectivity index (χ0v) is 12.4. The number of likely N-dealkylation sites (tertiary alicyclic amines) is 1. The summed E-state index contributed by atoms with van der Waals surface area (Å²) in [6.45, 7) is 4.46. The summed E-state index contributed by atoms with van der Waals surface area (Å²) in [7, 11) is 0. The lowest BCUT2D eigenvalue weighted by Gasteiger charge is -2.32. The third kappa shape index (κ3) is 4.34. The molecule has 0 saturated carbocycles. The van der Waals surface area contributed by atoms with E-state index in [1.807, 2.05) is 11.8 Å². The van der Waals surface area contributed by atoms with E-state index in [9.17, 15) is 4.79 Å². The maximum absolute atomic E-state index is 12.1. The van der Waals surface area contributed by atoms with E-state index in [2.05, 4.69) is 30.3 Å². The van der Waals surface area contributed by atoms with E-state index in [1.165, 1.54) is 5.56 Å². The van der Waals surface area contributed by atoms with Crippen molar-refractivity contribution in [3.8, 4) is 0 Å². The van der Waals surface area contributed by atoms with Crippen molar-refractivity contribution in [1.82, 2.24) is 4.90 Å². The maximum atomic E-state index is 12.1. The lowest BCUT2D eigenvalue weighted by Crippen LogP contribution is -2.39. The second-order valence-electron chi connectivity index (χ2n) is 6.06. The van der Waals surface area contributed by atoms with E-state index in [0.29, 0.717) is 24.8 Å². The molecule has 2 rings (SSSR count). The first kappa shape index (κ1) is 15.0. The fourth-order valence-electron chi connectivity index (χ4n) is 2.84. The zero-order chi connectivity index (χ0) is 14.4. The molecule has 0 aromatic heterocycles. The van der Waals surface area contributed by atoms with E-state index >= 15 is 0 Å². The number of hydrogen-bond acceptors (Lipinski definition) is 2. The van der Waals surface area contributed by atoms with Crippen molar-refractivity contribution in [2.45, 2.75) is 32.6 Å². The predicted molar refractivity (Wildman–Crippen MR) is 82.3 cm³/mol. The molecule has 1 atom stereocenters. The molecule has 1 heterocycles. The van der Waals surface area contributed by atoms with Crippen molar-refractivity contribution in [1.29, 1.82) is 0 Å². The second-order valence-corrected chi connectivity index (χ2v) is 6.06. The smallest absolute Gasteiger partial charge is 0.222 e. The molecule has 1 aromatic carbocycles. The Bertz CT molecular complexity index is 410. The quantitative estimate of drug-likeness (QED) is 0.896. The summed E-state index contributed by atoms with van der Waals surface area (Å²) in [6.07, 6.45) is 3.98. The molecule has 0 radical (unpaired) electrons. The number of amides is 1. The van der Waals surface area contributed by atoms with Crippen LogP contribution in [0.3, 0.4) is 0 Å². The molecular formula is C17H26N2O. The van der Waals surface area contributed by atoms with Crippen LogP contribution < -0.4 is 5.73 Å². The molecule has 1 unspecified atom stereocenters. The van der Waals surface area contributed by atoms with Crippen molar-refractivity contribution in [2.24, 2.45) is 17.6 Å². The average molecular weight is 274 g/mol. The summed E-state index contributed by atoms with van der Waals surface area (Å²) in [4.78, 5) is 14.1. The number of carbonyl (C=O) groups excluding carboxylic acids is 1. The number of nitrogens with zero attached hydrogens (tertiary/aromatic N) is 1. The number of nitrogens with two attached hydrogens (primary N) is 1. The number of hydrogen-bond donors (Lipinski definition) is 1. The van der Waals surface area contributed by atoms with E-state index in [-0.39, 0.29) is 5.91 Å². The van der Waals surface area contributed by atoms with Crippen molar-refractivity contribution in [2.75, 3.05) is 19.6 Å². The van der Waals surface area contributed by atoms with Gasteiger partial charge in [-0.25, -0.2) is 0 Å². The molecular weight excluding hydrogens is 248 g/mol. The first-order chi connectivity index (χ1) is 9.69. The topological polar surface area (TPSA) is 46.3 Å². The Balaban J connectivity index is 1.76. The third-order valence-corrected chi connectivity index (χ3v) is 4.26. The molecule has 3 nitrogen and oxygen atoms in total. The van der Waals surface area contributed by atoms with Crippen molar-refractivity contribution >= 4 is 5.91 Å². The van der Waals surface area contributed by atoms with Crippen LogP contribution in [0.1, 0.15) is 31.7 Å². The normalized spacial score (nSPS) is 18.0. The average Bonchev–Trinajstić information content (AvgIpc) is 2.49. The predicted octanol–water partition coefficient (Wildman–Crippen LogP) is 2.45. The van der Waals surface area contributed by atoms with E-state index in [0.717, 1.165) is 32.4 Å². The van der Waals surface area contributed by atoms with Gasteiger partial charge in [0.15, 0.2) is 0 Å². The third-order valence-electron chi connectivity index (χ3n) is 4.26. The second kappa shape index (κ2) is 7.44. The molecule has 1 fully saturated rings. The van der Waals surface area contributed by atoms with E-state index in [1.54, 1.807) is 0 Å². The zero-order valence-electron chi connectivity index (χ0n) is 12.4. The molecule has 0 bridgehead atoms.